The van der Waals surface area contributed by atoms with Crippen LogP contribution in [0.5, 0.6) is 0 Å². The van der Waals surface area contributed by atoms with Gasteiger partial charge in [-0.3, -0.25) is 4.79 Å². The van der Waals surface area contributed by atoms with Crippen LogP contribution in [0.15, 0.2) is 60.7 Å². The summed E-state index contributed by atoms with van der Waals surface area (Å²) in [6, 6.07) is 20.1. The zero-order valence-electron chi connectivity index (χ0n) is 18.0. The molecule has 0 unspecified atom stereocenters. The maximum Gasteiger partial charge on any atom is 0.408 e. The molecule has 1 aromatic heterocycles. The zero-order valence-corrected chi connectivity index (χ0v) is 18.0. The highest BCUT2D eigenvalue weighted by molar-refractivity contribution is 5.83. The lowest BCUT2D eigenvalue weighted by atomic mass is 10.2. The van der Waals surface area contributed by atoms with Gasteiger partial charge in [0.2, 0.25) is 5.91 Å². The molecule has 0 aliphatic carbocycles. The largest absolute Gasteiger partial charge is 0.444 e. The molecule has 0 saturated carbocycles. The number of aromatic nitrogens is 1. The number of ether oxygens (including phenoxy) is 1. The van der Waals surface area contributed by atoms with Gasteiger partial charge in [0.25, 0.3) is 0 Å². The van der Waals surface area contributed by atoms with Gasteiger partial charge in [-0.25, -0.2) is 4.79 Å². The van der Waals surface area contributed by atoms with E-state index in [1.165, 1.54) is 0 Å². The van der Waals surface area contributed by atoms with Gasteiger partial charge in [0, 0.05) is 24.8 Å². The third kappa shape index (κ3) is 5.63. The van der Waals surface area contributed by atoms with Gasteiger partial charge in [0.05, 0.1) is 6.54 Å². The number of nitrogens with zero attached hydrogens (tertiary/aromatic N) is 2. The molecule has 3 aromatic rings. The minimum absolute atomic E-state index is 0.119. The van der Waals surface area contributed by atoms with Gasteiger partial charge in [0.15, 0.2) is 0 Å². The van der Waals surface area contributed by atoms with E-state index in [1.807, 2.05) is 49.5 Å². The average molecular weight is 408 g/mol. The molecule has 3 rings (SSSR count). The van der Waals surface area contributed by atoms with E-state index in [4.69, 9.17) is 4.74 Å². The molecular weight excluding hydrogens is 378 g/mol. The maximum atomic E-state index is 13.0. The van der Waals surface area contributed by atoms with Gasteiger partial charge in [0.1, 0.15) is 12.1 Å². The van der Waals surface area contributed by atoms with Crippen molar-refractivity contribution in [3.8, 4) is 0 Å². The van der Waals surface area contributed by atoms with Crippen LogP contribution in [-0.4, -0.2) is 33.6 Å². The Labute approximate surface area is 177 Å². The normalized spacial score (nSPS) is 11.3. The quantitative estimate of drug-likeness (QED) is 0.665. The Balaban J connectivity index is 1.76. The van der Waals surface area contributed by atoms with E-state index in [9.17, 15) is 9.59 Å². The summed E-state index contributed by atoms with van der Waals surface area (Å²) in [7, 11) is 2.00. The number of hydrogen-bond acceptors (Lipinski definition) is 3. The van der Waals surface area contributed by atoms with Crippen LogP contribution in [-0.2, 0) is 29.7 Å². The maximum absolute atomic E-state index is 13.0. The Hall–Kier alpha value is -3.28. The molecule has 0 bridgehead atoms. The van der Waals surface area contributed by atoms with Crippen molar-refractivity contribution in [3.05, 3.63) is 71.9 Å². The number of para-hydroxylation sites is 1. The van der Waals surface area contributed by atoms with E-state index < -0.39 is 11.7 Å². The van der Waals surface area contributed by atoms with Gasteiger partial charge < -0.3 is 19.5 Å². The summed E-state index contributed by atoms with van der Waals surface area (Å²) in [5.74, 6) is -0.171. The topological polar surface area (TPSA) is 63.6 Å². The van der Waals surface area contributed by atoms with Gasteiger partial charge >= 0.3 is 6.09 Å². The number of nitrogens with one attached hydrogen (secondary N) is 1. The zero-order chi connectivity index (χ0) is 21.7. The summed E-state index contributed by atoms with van der Waals surface area (Å²) in [6.45, 7) is 6.14. The molecule has 0 fully saturated rings. The standard InChI is InChI=1S/C24H29N3O3/c1-24(2,3)30-23(29)25-15-22(28)27(16-18-10-6-5-7-11-18)17-20-14-19-12-8-9-13-21(19)26(20)4/h5-14H,15-17H2,1-4H3,(H,25,29). The molecule has 0 atom stereocenters. The van der Waals surface area contributed by atoms with Crippen molar-refractivity contribution < 1.29 is 14.3 Å². The molecule has 2 amide bonds. The SMILES string of the molecule is Cn1c(CN(Cc2ccccc2)C(=O)CNC(=O)OC(C)(C)C)cc2ccccc21. The van der Waals surface area contributed by atoms with Crippen molar-refractivity contribution in [2.24, 2.45) is 7.05 Å². The molecule has 0 aliphatic rings. The number of hydrogen-bond donors (Lipinski definition) is 1. The first-order chi connectivity index (χ1) is 14.2. The van der Waals surface area contributed by atoms with E-state index in [1.54, 1.807) is 25.7 Å². The summed E-state index contributed by atoms with van der Waals surface area (Å²) in [4.78, 5) is 26.7. The first-order valence-electron chi connectivity index (χ1n) is 10.0. The molecule has 158 valence electrons. The predicted molar refractivity (Wildman–Crippen MR) is 118 cm³/mol. The van der Waals surface area contributed by atoms with E-state index in [-0.39, 0.29) is 12.5 Å². The van der Waals surface area contributed by atoms with Gasteiger partial charge in [-0.05, 0) is 43.9 Å². The number of benzene rings is 2. The molecule has 30 heavy (non-hydrogen) atoms. The van der Waals surface area contributed by atoms with Crippen LogP contribution in [0.4, 0.5) is 4.79 Å². The lowest BCUT2D eigenvalue weighted by Gasteiger charge is -2.24. The third-order valence-corrected chi connectivity index (χ3v) is 4.76. The molecule has 0 aliphatic heterocycles. The Morgan fingerprint density at radius 1 is 1.00 bits per heavy atom. The lowest BCUT2D eigenvalue weighted by molar-refractivity contribution is -0.131. The molecule has 0 spiro atoms. The number of rotatable bonds is 6. The molecule has 6 nitrogen and oxygen atoms in total. The fourth-order valence-corrected chi connectivity index (χ4v) is 3.30. The van der Waals surface area contributed by atoms with Crippen molar-refractivity contribution in [1.29, 1.82) is 0 Å². The number of carbonyl (C=O) groups excluding carboxylic acids is 2. The second kappa shape index (κ2) is 9.03. The lowest BCUT2D eigenvalue weighted by Crippen LogP contribution is -2.41. The van der Waals surface area contributed by atoms with E-state index in [0.29, 0.717) is 13.1 Å². The molecule has 1 heterocycles. The number of alkyl carbamates (subject to hydrolysis) is 1. The van der Waals surface area contributed by atoms with Crippen LogP contribution in [0, 0.1) is 0 Å². The van der Waals surface area contributed by atoms with E-state index >= 15 is 0 Å². The molecule has 0 saturated heterocycles. The van der Waals surface area contributed by atoms with Crippen molar-refractivity contribution >= 4 is 22.9 Å². The van der Waals surface area contributed by atoms with Crippen molar-refractivity contribution in [2.75, 3.05) is 6.54 Å². The number of fused-ring (bicyclic) bond motifs is 1. The van der Waals surface area contributed by atoms with Crippen LogP contribution in [0.3, 0.4) is 0 Å². The first-order valence-corrected chi connectivity index (χ1v) is 10.0. The highest BCUT2D eigenvalue weighted by atomic mass is 16.6. The number of aryl methyl sites for hydroxylation is 1. The summed E-state index contributed by atoms with van der Waals surface area (Å²) >= 11 is 0. The minimum Gasteiger partial charge on any atom is -0.444 e. The number of carbonyl (C=O) groups is 2. The molecule has 2 aromatic carbocycles. The van der Waals surface area contributed by atoms with Crippen molar-refractivity contribution in [1.82, 2.24) is 14.8 Å². The Morgan fingerprint density at radius 3 is 2.33 bits per heavy atom. The highest BCUT2D eigenvalue weighted by Crippen LogP contribution is 2.20. The van der Waals surface area contributed by atoms with Gasteiger partial charge in [-0.1, -0.05) is 48.5 Å². The Morgan fingerprint density at radius 2 is 1.67 bits per heavy atom. The average Bonchev–Trinajstić information content (AvgIpc) is 3.01. The predicted octanol–water partition coefficient (Wildman–Crippen LogP) is 4.23. The third-order valence-electron chi connectivity index (χ3n) is 4.76. The molecule has 1 N–H and O–H groups in total. The Kier molecular flexibility index (Phi) is 6.45. The van der Waals surface area contributed by atoms with E-state index in [2.05, 4.69) is 28.1 Å². The fourth-order valence-electron chi connectivity index (χ4n) is 3.30. The minimum atomic E-state index is -0.611. The van der Waals surface area contributed by atoms with Crippen molar-refractivity contribution in [3.63, 3.8) is 0 Å². The van der Waals surface area contributed by atoms with Crippen LogP contribution in [0.1, 0.15) is 32.0 Å². The second-order valence-corrected chi connectivity index (χ2v) is 8.34. The first kappa shape index (κ1) is 21.4. The molecule has 0 radical (unpaired) electrons. The van der Waals surface area contributed by atoms with E-state index in [0.717, 1.165) is 22.2 Å². The van der Waals surface area contributed by atoms with Crippen LogP contribution in [0.2, 0.25) is 0 Å². The summed E-state index contributed by atoms with van der Waals surface area (Å²) in [5.41, 5.74) is 2.56. The van der Waals surface area contributed by atoms with Crippen LogP contribution < -0.4 is 5.32 Å². The monoisotopic (exact) mass is 407 g/mol. The van der Waals surface area contributed by atoms with Crippen LogP contribution >= 0.6 is 0 Å². The molecular formula is C24H29N3O3. The van der Waals surface area contributed by atoms with Crippen molar-refractivity contribution in [2.45, 2.75) is 39.5 Å². The Bertz CT molecular complexity index is 1020. The van der Waals surface area contributed by atoms with Gasteiger partial charge in [-0.15, -0.1) is 0 Å². The summed E-state index contributed by atoms with van der Waals surface area (Å²) in [6.07, 6.45) is -0.597. The molecule has 6 heteroatoms. The van der Waals surface area contributed by atoms with Crippen LogP contribution in [0.25, 0.3) is 10.9 Å². The second-order valence-electron chi connectivity index (χ2n) is 8.34. The van der Waals surface area contributed by atoms with Gasteiger partial charge in [-0.2, -0.15) is 0 Å². The summed E-state index contributed by atoms with van der Waals surface area (Å²) in [5, 5.41) is 3.71. The smallest absolute Gasteiger partial charge is 0.408 e. The number of amides is 2. The fraction of sp³-hybridized carbons (Fsp3) is 0.333. The highest BCUT2D eigenvalue weighted by Gasteiger charge is 2.20. The summed E-state index contributed by atoms with van der Waals surface area (Å²) < 4.78 is 7.34.